The van der Waals surface area contributed by atoms with Crippen LogP contribution in [0.2, 0.25) is 0 Å². The van der Waals surface area contributed by atoms with Gasteiger partial charge in [-0.1, -0.05) is 18.2 Å². The minimum absolute atomic E-state index is 0.456. The minimum atomic E-state index is -0.638. The molecule has 5 heteroatoms. The summed E-state index contributed by atoms with van der Waals surface area (Å²) in [5, 5.41) is 18.8. The Morgan fingerprint density at radius 3 is 2.56 bits per heavy atom. The number of benzene rings is 1. The standard InChI is InChI=1S/C13H20N2O3/c14-7-10-3-1-2-4-13(10)18-6-5-15-8-11(16)12(17)9-15/h1-4,11-12,16-17H,5-9,14H2. The fraction of sp³-hybridized carbons (Fsp3) is 0.538. The molecule has 18 heavy (non-hydrogen) atoms. The van der Waals surface area contributed by atoms with E-state index in [4.69, 9.17) is 10.5 Å². The quantitative estimate of drug-likeness (QED) is 0.662. The van der Waals surface area contributed by atoms with Crippen molar-refractivity contribution in [2.75, 3.05) is 26.2 Å². The fourth-order valence-corrected chi connectivity index (χ4v) is 2.13. The Morgan fingerprint density at radius 2 is 1.89 bits per heavy atom. The van der Waals surface area contributed by atoms with E-state index in [1.807, 2.05) is 29.2 Å². The third kappa shape index (κ3) is 3.20. The third-order valence-electron chi connectivity index (χ3n) is 3.19. The summed E-state index contributed by atoms with van der Waals surface area (Å²) in [5.41, 5.74) is 6.61. The number of ether oxygens (including phenoxy) is 1. The van der Waals surface area contributed by atoms with Gasteiger partial charge < -0.3 is 20.7 Å². The molecule has 4 N–H and O–H groups in total. The Balaban J connectivity index is 1.79. The predicted molar refractivity (Wildman–Crippen MR) is 68.3 cm³/mol. The molecular formula is C13H20N2O3. The van der Waals surface area contributed by atoms with Gasteiger partial charge in [0.15, 0.2) is 0 Å². The number of β-amino-alcohol motifs (C(OH)–C–C–N with tert-alkyl or cyclic N) is 2. The molecule has 1 aromatic carbocycles. The van der Waals surface area contributed by atoms with Crippen LogP contribution in [-0.4, -0.2) is 53.6 Å². The maximum Gasteiger partial charge on any atom is 0.123 e. The first-order valence-electron chi connectivity index (χ1n) is 6.20. The van der Waals surface area contributed by atoms with Gasteiger partial charge in [-0.2, -0.15) is 0 Å². The van der Waals surface area contributed by atoms with E-state index in [1.165, 1.54) is 0 Å². The van der Waals surface area contributed by atoms with Gasteiger partial charge in [0.05, 0.1) is 12.2 Å². The summed E-state index contributed by atoms with van der Waals surface area (Å²) in [6, 6.07) is 7.69. The van der Waals surface area contributed by atoms with Crippen LogP contribution in [0.15, 0.2) is 24.3 Å². The van der Waals surface area contributed by atoms with Gasteiger partial charge in [0.25, 0.3) is 0 Å². The van der Waals surface area contributed by atoms with Crippen molar-refractivity contribution in [3.05, 3.63) is 29.8 Å². The Labute approximate surface area is 107 Å². The lowest BCUT2D eigenvalue weighted by Crippen LogP contribution is -2.27. The summed E-state index contributed by atoms with van der Waals surface area (Å²) in [7, 11) is 0. The van der Waals surface area contributed by atoms with Crippen LogP contribution in [0, 0.1) is 0 Å². The largest absolute Gasteiger partial charge is 0.492 e. The lowest BCUT2D eigenvalue weighted by atomic mass is 10.2. The number of aliphatic hydroxyl groups is 2. The average Bonchev–Trinajstić information content (AvgIpc) is 2.69. The SMILES string of the molecule is NCc1ccccc1OCCN1CC(O)C(O)C1. The summed E-state index contributed by atoms with van der Waals surface area (Å²) in [4.78, 5) is 1.99. The van der Waals surface area contributed by atoms with Gasteiger partial charge in [0.1, 0.15) is 12.4 Å². The highest BCUT2D eigenvalue weighted by Crippen LogP contribution is 2.17. The van der Waals surface area contributed by atoms with Gasteiger partial charge in [-0.05, 0) is 6.07 Å². The number of nitrogens with zero attached hydrogens (tertiary/aromatic N) is 1. The van der Waals surface area contributed by atoms with E-state index < -0.39 is 12.2 Å². The Hall–Kier alpha value is -1.14. The molecule has 0 spiro atoms. The molecule has 5 nitrogen and oxygen atoms in total. The van der Waals surface area contributed by atoms with Gasteiger partial charge in [0.2, 0.25) is 0 Å². The lowest BCUT2D eigenvalue weighted by molar-refractivity contribution is 0.0572. The van der Waals surface area contributed by atoms with Crippen molar-refractivity contribution in [1.29, 1.82) is 0 Å². The number of hydrogen-bond donors (Lipinski definition) is 3. The highest BCUT2D eigenvalue weighted by atomic mass is 16.5. The van der Waals surface area contributed by atoms with E-state index in [2.05, 4.69) is 0 Å². The predicted octanol–water partition coefficient (Wildman–Crippen LogP) is -0.439. The van der Waals surface area contributed by atoms with Crippen LogP contribution in [0.3, 0.4) is 0 Å². The van der Waals surface area contributed by atoms with Crippen molar-refractivity contribution in [2.45, 2.75) is 18.8 Å². The van der Waals surface area contributed by atoms with Gasteiger partial charge in [0, 0.05) is 31.7 Å². The number of para-hydroxylation sites is 1. The van der Waals surface area contributed by atoms with Gasteiger partial charge >= 0.3 is 0 Å². The van der Waals surface area contributed by atoms with Gasteiger partial charge in [-0.25, -0.2) is 0 Å². The van der Waals surface area contributed by atoms with Crippen LogP contribution in [0.5, 0.6) is 5.75 Å². The molecule has 0 aromatic heterocycles. The molecule has 0 aliphatic carbocycles. The van der Waals surface area contributed by atoms with E-state index in [0.29, 0.717) is 32.8 Å². The Morgan fingerprint density at radius 1 is 1.22 bits per heavy atom. The van der Waals surface area contributed by atoms with Crippen LogP contribution in [-0.2, 0) is 6.54 Å². The molecule has 1 aliphatic heterocycles. The van der Waals surface area contributed by atoms with Crippen LogP contribution in [0.1, 0.15) is 5.56 Å². The van der Waals surface area contributed by atoms with Crippen LogP contribution >= 0.6 is 0 Å². The van der Waals surface area contributed by atoms with Crippen molar-refractivity contribution in [2.24, 2.45) is 5.73 Å². The van der Waals surface area contributed by atoms with Crippen LogP contribution in [0.25, 0.3) is 0 Å². The molecule has 1 fully saturated rings. The Bertz CT molecular complexity index is 376. The maximum atomic E-state index is 9.42. The van der Waals surface area contributed by atoms with E-state index in [1.54, 1.807) is 0 Å². The highest BCUT2D eigenvalue weighted by Gasteiger charge is 2.28. The fourth-order valence-electron chi connectivity index (χ4n) is 2.13. The molecule has 1 saturated heterocycles. The summed E-state index contributed by atoms with van der Waals surface area (Å²) < 4.78 is 5.68. The first kappa shape index (κ1) is 13.3. The smallest absolute Gasteiger partial charge is 0.123 e. The van der Waals surface area contributed by atoms with E-state index in [0.717, 1.165) is 11.3 Å². The number of aliphatic hydroxyl groups excluding tert-OH is 2. The molecule has 2 rings (SSSR count). The summed E-state index contributed by atoms with van der Waals surface area (Å²) in [5.74, 6) is 0.806. The molecule has 2 atom stereocenters. The van der Waals surface area contributed by atoms with Crippen molar-refractivity contribution in [1.82, 2.24) is 4.90 Å². The van der Waals surface area contributed by atoms with Crippen molar-refractivity contribution in [3.63, 3.8) is 0 Å². The second kappa shape index (κ2) is 6.15. The summed E-state index contributed by atoms with van der Waals surface area (Å²) in [6.45, 7) is 2.67. The summed E-state index contributed by atoms with van der Waals surface area (Å²) in [6.07, 6.45) is -1.28. The number of rotatable bonds is 5. The third-order valence-corrected chi connectivity index (χ3v) is 3.19. The van der Waals surface area contributed by atoms with Gasteiger partial charge in [-0.15, -0.1) is 0 Å². The average molecular weight is 252 g/mol. The van der Waals surface area contributed by atoms with Crippen molar-refractivity contribution < 1.29 is 14.9 Å². The maximum absolute atomic E-state index is 9.42. The van der Waals surface area contributed by atoms with Crippen LogP contribution < -0.4 is 10.5 Å². The Kier molecular flexibility index (Phi) is 4.54. The zero-order valence-corrected chi connectivity index (χ0v) is 10.3. The molecule has 1 aliphatic rings. The highest BCUT2D eigenvalue weighted by molar-refractivity contribution is 5.32. The number of likely N-dealkylation sites (tertiary alicyclic amines) is 1. The van der Waals surface area contributed by atoms with Crippen molar-refractivity contribution in [3.8, 4) is 5.75 Å². The zero-order valence-electron chi connectivity index (χ0n) is 10.3. The molecule has 0 saturated carbocycles. The molecule has 0 bridgehead atoms. The normalized spacial score (nSPS) is 24.4. The zero-order chi connectivity index (χ0) is 13.0. The molecule has 1 heterocycles. The van der Waals surface area contributed by atoms with E-state index in [-0.39, 0.29) is 0 Å². The molecule has 2 unspecified atom stereocenters. The molecule has 0 radical (unpaired) electrons. The minimum Gasteiger partial charge on any atom is -0.492 e. The molecule has 100 valence electrons. The first-order valence-corrected chi connectivity index (χ1v) is 6.20. The van der Waals surface area contributed by atoms with Crippen molar-refractivity contribution >= 4 is 0 Å². The topological polar surface area (TPSA) is 79.0 Å². The van der Waals surface area contributed by atoms with Crippen LogP contribution in [0.4, 0.5) is 0 Å². The van der Waals surface area contributed by atoms with E-state index >= 15 is 0 Å². The molecular weight excluding hydrogens is 232 g/mol. The van der Waals surface area contributed by atoms with E-state index in [9.17, 15) is 10.2 Å². The second-order valence-corrected chi connectivity index (χ2v) is 4.55. The molecule has 0 amide bonds. The number of nitrogens with two attached hydrogens (primary N) is 1. The second-order valence-electron chi connectivity index (χ2n) is 4.55. The summed E-state index contributed by atoms with van der Waals surface area (Å²) >= 11 is 0. The number of hydrogen-bond acceptors (Lipinski definition) is 5. The lowest BCUT2D eigenvalue weighted by Gasteiger charge is -2.16. The monoisotopic (exact) mass is 252 g/mol. The first-order chi connectivity index (χ1) is 8.70. The molecule has 1 aromatic rings. The van der Waals surface area contributed by atoms with Gasteiger partial charge in [-0.3, -0.25) is 4.90 Å².